The van der Waals surface area contributed by atoms with Crippen molar-refractivity contribution in [2.24, 2.45) is 0 Å². The first kappa shape index (κ1) is 23.9. The molecule has 1 N–H and O–H groups in total. The minimum atomic E-state index is 0.348. The average Bonchev–Trinajstić information content (AvgIpc) is 3.08. The highest BCUT2D eigenvalue weighted by Crippen LogP contribution is 2.22. The van der Waals surface area contributed by atoms with E-state index in [9.17, 15) is 0 Å². The van der Waals surface area contributed by atoms with Crippen molar-refractivity contribution in [2.75, 3.05) is 6.54 Å². The largest absolute Gasteiger partial charge is 0.308 e. The fraction of sp³-hybridized carbons (Fsp3) is 0.250. The van der Waals surface area contributed by atoms with Gasteiger partial charge in [-0.2, -0.15) is 5.26 Å². The van der Waals surface area contributed by atoms with E-state index in [0.717, 1.165) is 39.0 Å². The van der Waals surface area contributed by atoms with Crippen LogP contribution < -0.4 is 5.32 Å². The smallest absolute Gasteiger partial charge is 0.0991 e. The van der Waals surface area contributed by atoms with Gasteiger partial charge in [0.1, 0.15) is 0 Å². The van der Waals surface area contributed by atoms with Crippen molar-refractivity contribution < 1.29 is 0 Å². The number of hydrogen-bond donors (Lipinski definition) is 1. The Morgan fingerprint density at radius 1 is 0.917 bits per heavy atom. The number of rotatable bonds is 7. The van der Waals surface area contributed by atoms with Crippen LogP contribution in [-0.4, -0.2) is 22.5 Å². The third kappa shape index (κ3) is 5.88. The molecule has 2 heterocycles. The number of nitrogens with one attached hydrogen (secondary N) is 1. The Hall–Kier alpha value is -3.78. The molecule has 0 amide bonds. The van der Waals surface area contributed by atoms with Crippen LogP contribution in [0.3, 0.4) is 0 Å². The standard InChI is InChI=1S/C32H32N4/c1-24-6-2-3-8-29(24)21-36-22-30-9-5-4-7-27(30)17-32(23-36)35-20-31-19-34-15-14-28(31)16-25-10-12-26(18-33)13-11-25/h2-15,19,32,35H,16-17,20-23H2,1H3. The summed E-state index contributed by atoms with van der Waals surface area (Å²) in [6.45, 7) is 5.91. The summed E-state index contributed by atoms with van der Waals surface area (Å²) in [4.78, 5) is 7.00. The van der Waals surface area contributed by atoms with E-state index in [4.69, 9.17) is 5.26 Å². The Morgan fingerprint density at radius 3 is 2.50 bits per heavy atom. The first-order valence-electron chi connectivity index (χ1n) is 12.7. The Morgan fingerprint density at radius 2 is 1.69 bits per heavy atom. The predicted octanol–water partition coefficient (Wildman–Crippen LogP) is 5.57. The van der Waals surface area contributed by atoms with E-state index >= 15 is 0 Å². The molecule has 4 nitrogen and oxygen atoms in total. The zero-order valence-corrected chi connectivity index (χ0v) is 20.8. The summed E-state index contributed by atoms with van der Waals surface area (Å²) in [5, 5.41) is 13.0. The molecule has 0 bridgehead atoms. The van der Waals surface area contributed by atoms with Gasteiger partial charge >= 0.3 is 0 Å². The van der Waals surface area contributed by atoms with Crippen molar-refractivity contribution in [3.63, 3.8) is 0 Å². The molecule has 4 aromatic rings. The van der Waals surface area contributed by atoms with Gasteiger partial charge in [-0.25, -0.2) is 0 Å². The lowest BCUT2D eigenvalue weighted by atomic mass is 9.99. The maximum Gasteiger partial charge on any atom is 0.0991 e. The van der Waals surface area contributed by atoms with Gasteiger partial charge in [0.2, 0.25) is 0 Å². The van der Waals surface area contributed by atoms with Crippen LogP contribution in [-0.2, 0) is 32.5 Å². The highest BCUT2D eigenvalue weighted by molar-refractivity contribution is 5.36. The number of nitriles is 1. The maximum absolute atomic E-state index is 9.08. The number of benzene rings is 3. The van der Waals surface area contributed by atoms with Crippen LogP contribution in [0.4, 0.5) is 0 Å². The van der Waals surface area contributed by atoms with Gasteiger partial charge in [-0.05, 0) is 76.9 Å². The van der Waals surface area contributed by atoms with Crippen LogP contribution in [0, 0.1) is 18.3 Å². The zero-order valence-electron chi connectivity index (χ0n) is 20.8. The van der Waals surface area contributed by atoms with Crippen LogP contribution in [0.5, 0.6) is 0 Å². The van der Waals surface area contributed by atoms with Crippen molar-refractivity contribution >= 4 is 0 Å². The molecule has 3 aromatic carbocycles. The Kier molecular flexibility index (Phi) is 7.52. The summed E-state index contributed by atoms with van der Waals surface area (Å²) in [7, 11) is 0. The normalized spacial score (nSPS) is 15.6. The summed E-state index contributed by atoms with van der Waals surface area (Å²) >= 11 is 0. The second kappa shape index (κ2) is 11.3. The van der Waals surface area contributed by atoms with E-state index in [-0.39, 0.29) is 0 Å². The van der Waals surface area contributed by atoms with Gasteiger partial charge in [0.15, 0.2) is 0 Å². The van der Waals surface area contributed by atoms with E-state index in [0.29, 0.717) is 11.6 Å². The third-order valence-electron chi connectivity index (χ3n) is 7.18. The molecular weight excluding hydrogens is 440 g/mol. The van der Waals surface area contributed by atoms with Crippen molar-refractivity contribution in [3.05, 3.63) is 136 Å². The van der Waals surface area contributed by atoms with Gasteiger partial charge in [-0.1, -0.05) is 60.7 Å². The summed E-state index contributed by atoms with van der Waals surface area (Å²) < 4.78 is 0. The molecule has 0 fully saturated rings. The second-order valence-corrected chi connectivity index (χ2v) is 9.78. The van der Waals surface area contributed by atoms with Crippen LogP contribution in [0.15, 0.2) is 91.3 Å². The highest BCUT2D eigenvalue weighted by atomic mass is 15.2. The molecule has 1 unspecified atom stereocenters. The van der Waals surface area contributed by atoms with E-state index in [1.54, 1.807) is 0 Å². The van der Waals surface area contributed by atoms with Gasteiger partial charge in [-0.3, -0.25) is 9.88 Å². The SMILES string of the molecule is Cc1ccccc1CN1Cc2ccccc2CC(NCc2cnccc2Cc2ccc(C#N)cc2)C1. The molecule has 0 saturated heterocycles. The molecule has 4 heteroatoms. The molecule has 0 aliphatic carbocycles. The fourth-order valence-corrected chi connectivity index (χ4v) is 5.10. The quantitative estimate of drug-likeness (QED) is 0.382. The summed E-state index contributed by atoms with van der Waals surface area (Å²) in [5.74, 6) is 0. The lowest BCUT2D eigenvalue weighted by molar-refractivity contribution is 0.232. The van der Waals surface area contributed by atoms with Crippen molar-refractivity contribution in [1.82, 2.24) is 15.2 Å². The predicted molar refractivity (Wildman–Crippen MR) is 144 cm³/mol. The average molecular weight is 473 g/mol. The number of nitrogens with zero attached hydrogens (tertiary/aromatic N) is 3. The van der Waals surface area contributed by atoms with Gasteiger partial charge in [0.25, 0.3) is 0 Å². The second-order valence-electron chi connectivity index (χ2n) is 9.78. The third-order valence-corrected chi connectivity index (χ3v) is 7.18. The molecule has 1 aliphatic rings. The number of hydrogen-bond acceptors (Lipinski definition) is 4. The Labute approximate surface area is 214 Å². The number of aryl methyl sites for hydroxylation is 1. The summed E-state index contributed by atoms with van der Waals surface area (Å²) in [6, 6.07) is 30.1. The maximum atomic E-state index is 9.08. The lowest BCUT2D eigenvalue weighted by Gasteiger charge is -2.26. The topological polar surface area (TPSA) is 52.0 Å². The van der Waals surface area contributed by atoms with Crippen molar-refractivity contribution in [1.29, 1.82) is 5.26 Å². The first-order chi connectivity index (χ1) is 17.7. The van der Waals surface area contributed by atoms with Crippen LogP contribution in [0.25, 0.3) is 0 Å². The highest BCUT2D eigenvalue weighted by Gasteiger charge is 2.22. The van der Waals surface area contributed by atoms with Crippen molar-refractivity contribution in [3.8, 4) is 6.07 Å². The van der Waals surface area contributed by atoms with Gasteiger partial charge in [-0.15, -0.1) is 0 Å². The Bertz CT molecular complexity index is 1350. The van der Waals surface area contributed by atoms with Crippen LogP contribution >= 0.6 is 0 Å². The van der Waals surface area contributed by atoms with E-state index in [1.165, 1.54) is 38.9 Å². The molecule has 1 aliphatic heterocycles. The molecule has 0 saturated carbocycles. The minimum absolute atomic E-state index is 0.348. The van der Waals surface area contributed by atoms with E-state index < -0.39 is 0 Å². The fourth-order valence-electron chi connectivity index (χ4n) is 5.10. The van der Waals surface area contributed by atoms with Crippen LogP contribution in [0.1, 0.15) is 44.5 Å². The van der Waals surface area contributed by atoms with Gasteiger partial charge in [0, 0.05) is 44.6 Å². The molecule has 5 rings (SSSR count). The van der Waals surface area contributed by atoms with E-state index in [1.807, 2.05) is 36.7 Å². The lowest BCUT2D eigenvalue weighted by Crippen LogP contribution is -2.40. The van der Waals surface area contributed by atoms with E-state index in [2.05, 4.69) is 82.8 Å². The monoisotopic (exact) mass is 472 g/mol. The molecule has 0 radical (unpaired) electrons. The van der Waals surface area contributed by atoms with Gasteiger partial charge in [0.05, 0.1) is 11.6 Å². The molecule has 1 atom stereocenters. The van der Waals surface area contributed by atoms with Crippen LogP contribution in [0.2, 0.25) is 0 Å². The molecule has 36 heavy (non-hydrogen) atoms. The molecular formula is C32H32N4. The number of pyridine rings is 1. The van der Waals surface area contributed by atoms with Crippen molar-refractivity contribution in [2.45, 2.75) is 45.4 Å². The Balaban J connectivity index is 1.31. The summed E-state index contributed by atoms with van der Waals surface area (Å²) in [5.41, 5.74) is 10.0. The minimum Gasteiger partial charge on any atom is -0.308 e. The summed E-state index contributed by atoms with van der Waals surface area (Å²) in [6.07, 6.45) is 5.71. The molecule has 180 valence electrons. The first-order valence-corrected chi connectivity index (χ1v) is 12.7. The van der Waals surface area contributed by atoms with Gasteiger partial charge < -0.3 is 5.32 Å². The zero-order chi connectivity index (χ0) is 24.7. The number of fused-ring (bicyclic) bond motifs is 1. The molecule has 0 spiro atoms. The number of aromatic nitrogens is 1. The molecule has 1 aromatic heterocycles.